The zero-order valence-corrected chi connectivity index (χ0v) is 10.8. The van der Waals surface area contributed by atoms with Crippen molar-refractivity contribution in [2.75, 3.05) is 19.0 Å². The van der Waals surface area contributed by atoms with Gasteiger partial charge in [0.25, 0.3) is 0 Å². The highest BCUT2D eigenvalue weighted by Gasteiger charge is 2.09. The molecule has 0 aliphatic carbocycles. The number of aliphatic hydroxyl groups excluding tert-OH is 1. The Bertz CT molecular complexity index is 505. The molecule has 0 aliphatic heterocycles. The van der Waals surface area contributed by atoms with Crippen molar-refractivity contribution < 1.29 is 9.84 Å². The van der Waals surface area contributed by atoms with Gasteiger partial charge >= 0.3 is 0 Å². The highest BCUT2D eigenvalue weighted by molar-refractivity contribution is 5.38. The van der Waals surface area contributed by atoms with Crippen LogP contribution in [-0.2, 0) is 6.42 Å². The molecule has 0 aliphatic rings. The third kappa shape index (κ3) is 3.93. The summed E-state index contributed by atoms with van der Waals surface area (Å²) < 4.78 is 5.03. The Hall–Kier alpha value is -2.14. The molecule has 1 atom stereocenters. The van der Waals surface area contributed by atoms with Gasteiger partial charge in [0, 0.05) is 6.07 Å². The molecule has 0 saturated heterocycles. The number of nitrogens with one attached hydrogen (secondary N) is 1. The van der Waals surface area contributed by atoms with E-state index in [1.54, 1.807) is 13.2 Å². The minimum atomic E-state index is -0.0954. The average Bonchev–Trinajstić information content (AvgIpc) is 2.48. The number of aliphatic hydroxyl groups is 1. The van der Waals surface area contributed by atoms with E-state index in [1.807, 2.05) is 30.3 Å². The van der Waals surface area contributed by atoms with Crippen molar-refractivity contribution in [2.24, 2.45) is 0 Å². The molecule has 5 heteroatoms. The topological polar surface area (TPSA) is 67.3 Å². The summed E-state index contributed by atoms with van der Waals surface area (Å²) in [6, 6.07) is 11.6. The maximum absolute atomic E-state index is 9.44. The molecule has 0 bridgehead atoms. The largest absolute Gasteiger partial charge is 0.481 e. The molecule has 5 nitrogen and oxygen atoms in total. The van der Waals surface area contributed by atoms with Gasteiger partial charge in [0.1, 0.15) is 12.1 Å². The first-order valence-corrected chi connectivity index (χ1v) is 6.09. The lowest BCUT2D eigenvalue weighted by atomic mass is 10.1. The number of anilines is 1. The fourth-order valence-electron chi connectivity index (χ4n) is 1.80. The lowest BCUT2D eigenvalue weighted by Gasteiger charge is -2.17. The lowest BCUT2D eigenvalue weighted by molar-refractivity contribution is 0.273. The smallest absolute Gasteiger partial charge is 0.218 e. The number of hydrogen-bond donors (Lipinski definition) is 2. The molecule has 1 aromatic carbocycles. The van der Waals surface area contributed by atoms with Crippen LogP contribution in [0.25, 0.3) is 0 Å². The molecular weight excluding hydrogens is 242 g/mol. The van der Waals surface area contributed by atoms with Crippen LogP contribution >= 0.6 is 0 Å². The lowest BCUT2D eigenvalue weighted by Crippen LogP contribution is -2.26. The quantitative estimate of drug-likeness (QED) is 0.823. The molecule has 0 saturated carbocycles. The second-order valence-corrected chi connectivity index (χ2v) is 4.16. The Kier molecular flexibility index (Phi) is 4.69. The summed E-state index contributed by atoms with van der Waals surface area (Å²) in [5, 5.41) is 12.6. The van der Waals surface area contributed by atoms with Gasteiger partial charge in [0.2, 0.25) is 5.88 Å². The first kappa shape index (κ1) is 13.3. The van der Waals surface area contributed by atoms with E-state index < -0.39 is 0 Å². The van der Waals surface area contributed by atoms with Crippen molar-refractivity contribution in [1.82, 2.24) is 9.97 Å². The van der Waals surface area contributed by atoms with Crippen molar-refractivity contribution in [1.29, 1.82) is 0 Å². The minimum absolute atomic E-state index is 0.0290. The average molecular weight is 259 g/mol. The van der Waals surface area contributed by atoms with Crippen LogP contribution in [0.2, 0.25) is 0 Å². The second kappa shape index (κ2) is 6.70. The molecular formula is C14H17N3O2. The Morgan fingerprint density at radius 2 is 2.05 bits per heavy atom. The van der Waals surface area contributed by atoms with Gasteiger partial charge in [0.05, 0.1) is 19.8 Å². The van der Waals surface area contributed by atoms with Gasteiger partial charge in [-0.15, -0.1) is 0 Å². The fourth-order valence-corrected chi connectivity index (χ4v) is 1.80. The van der Waals surface area contributed by atoms with E-state index in [9.17, 15) is 5.11 Å². The molecule has 2 aromatic rings. The number of nitrogens with zero attached hydrogens (tertiary/aromatic N) is 2. The first-order valence-electron chi connectivity index (χ1n) is 6.09. The number of methoxy groups -OCH3 is 1. The number of ether oxygens (including phenoxy) is 1. The molecule has 0 fully saturated rings. The predicted molar refractivity (Wildman–Crippen MR) is 73.2 cm³/mol. The summed E-state index contributed by atoms with van der Waals surface area (Å²) in [4.78, 5) is 8.04. The molecule has 0 radical (unpaired) electrons. The zero-order valence-electron chi connectivity index (χ0n) is 10.8. The van der Waals surface area contributed by atoms with Crippen LogP contribution in [0.3, 0.4) is 0 Å². The summed E-state index contributed by atoms with van der Waals surface area (Å²) >= 11 is 0. The van der Waals surface area contributed by atoms with E-state index >= 15 is 0 Å². The fraction of sp³-hybridized carbons (Fsp3) is 0.286. The van der Waals surface area contributed by atoms with Crippen molar-refractivity contribution in [3.05, 3.63) is 48.3 Å². The van der Waals surface area contributed by atoms with E-state index in [4.69, 9.17) is 4.74 Å². The van der Waals surface area contributed by atoms with Crippen molar-refractivity contribution in [3.63, 3.8) is 0 Å². The maximum Gasteiger partial charge on any atom is 0.218 e. The van der Waals surface area contributed by atoms with Crippen LogP contribution in [0.4, 0.5) is 5.82 Å². The summed E-state index contributed by atoms with van der Waals surface area (Å²) in [6.07, 6.45) is 2.15. The predicted octanol–water partition coefficient (Wildman–Crippen LogP) is 1.50. The van der Waals surface area contributed by atoms with Gasteiger partial charge in [-0.2, -0.15) is 0 Å². The first-order chi connectivity index (χ1) is 9.31. The SMILES string of the molecule is COc1cc(NC(CO)Cc2ccccc2)ncn1. The van der Waals surface area contributed by atoms with E-state index in [-0.39, 0.29) is 12.6 Å². The molecule has 19 heavy (non-hydrogen) atoms. The molecule has 1 aromatic heterocycles. The third-order valence-electron chi connectivity index (χ3n) is 2.75. The normalized spacial score (nSPS) is 11.9. The number of hydrogen-bond acceptors (Lipinski definition) is 5. The van der Waals surface area contributed by atoms with Crippen LogP contribution in [0.5, 0.6) is 5.88 Å². The molecule has 100 valence electrons. The van der Waals surface area contributed by atoms with Crippen LogP contribution in [0, 0.1) is 0 Å². The van der Waals surface area contributed by atoms with Gasteiger partial charge in [-0.3, -0.25) is 0 Å². The maximum atomic E-state index is 9.44. The van der Waals surface area contributed by atoms with Crippen LogP contribution in [0.1, 0.15) is 5.56 Å². The summed E-state index contributed by atoms with van der Waals surface area (Å²) in [7, 11) is 1.56. The van der Waals surface area contributed by atoms with Gasteiger partial charge in [0.15, 0.2) is 0 Å². The third-order valence-corrected chi connectivity index (χ3v) is 2.75. The second-order valence-electron chi connectivity index (χ2n) is 4.16. The Labute approximate surface area is 112 Å². The highest BCUT2D eigenvalue weighted by atomic mass is 16.5. The standard InChI is InChI=1S/C14H17N3O2/c1-19-14-8-13(15-10-16-14)17-12(9-18)7-11-5-3-2-4-6-11/h2-6,8,10,12,18H,7,9H2,1H3,(H,15,16,17). The van der Waals surface area contributed by atoms with Gasteiger partial charge < -0.3 is 15.2 Å². The van der Waals surface area contributed by atoms with Crippen LogP contribution in [0.15, 0.2) is 42.7 Å². The zero-order chi connectivity index (χ0) is 13.5. The van der Waals surface area contributed by atoms with Gasteiger partial charge in [-0.25, -0.2) is 9.97 Å². The van der Waals surface area contributed by atoms with E-state index in [0.29, 0.717) is 11.7 Å². The van der Waals surface area contributed by atoms with Crippen molar-refractivity contribution >= 4 is 5.82 Å². The summed E-state index contributed by atoms with van der Waals surface area (Å²) in [6.45, 7) is 0.0290. The highest BCUT2D eigenvalue weighted by Crippen LogP contribution is 2.13. The number of aromatic nitrogens is 2. The number of benzene rings is 1. The molecule has 1 unspecified atom stereocenters. The van der Waals surface area contributed by atoms with Crippen LogP contribution < -0.4 is 10.1 Å². The molecule has 0 amide bonds. The Balaban J connectivity index is 2.02. The van der Waals surface area contributed by atoms with Gasteiger partial charge in [-0.1, -0.05) is 30.3 Å². The van der Waals surface area contributed by atoms with E-state index in [1.165, 1.54) is 6.33 Å². The van der Waals surface area contributed by atoms with E-state index in [0.717, 1.165) is 12.0 Å². The minimum Gasteiger partial charge on any atom is -0.481 e. The van der Waals surface area contributed by atoms with Crippen LogP contribution in [-0.4, -0.2) is 34.8 Å². The Morgan fingerprint density at radius 3 is 2.74 bits per heavy atom. The van der Waals surface area contributed by atoms with Gasteiger partial charge in [-0.05, 0) is 12.0 Å². The molecule has 0 spiro atoms. The number of rotatable bonds is 6. The monoisotopic (exact) mass is 259 g/mol. The van der Waals surface area contributed by atoms with E-state index in [2.05, 4.69) is 15.3 Å². The molecule has 2 rings (SSSR count). The Morgan fingerprint density at radius 1 is 1.26 bits per heavy atom. The summed E-state index contributed by atoms with van der Waals surface area (Å²) in [5.41, 5.74) is 1.16. The molecule has 1 heterocycles. The van der Waals surface area contributed by atoms with Crippen molar-refractivity contribution in [3.8, 4) is 5.88 Å². The molecule has 2 N–H and O–H groups in total. The van der Waals surface area contributed by atoms with Crippen molar-refractivity contribution in [2.45, 2.75) is 12.5 Å². The summed E-state index contributed by atoms with van der Waals surface area (Å²) in [5.74, 6) is 1.13.